The van der Waals surface area contributed by atoms with Crippen LogP contribution in [0.3, 0.4) is 0 Å². The Bertz CT molecular complexity index is 904. The molecule has 2 rings (SSSR count). The fraction of sp³-hybridized carbons (Fsp3) is 0.263. The van der Waals surface area contributed by atoms with E-state index in [9.17, 15) is 12.8 Å². The molecule has 0 spiro atoms. The van der Waals surface area contributed by atoms with Crippen molar-refractivity contribution >= 4 is 10.0 Å². The van der Waals surface area contributed by atoms with Crippen molar-refractivity contribution in [1.29, 1.82) is 0 Å². The second-order valence-corrected chi connectivity index (χ2v) is 7.33. The van der Waals surface area contributed by atoms with Gasteiger partial charge in [0.25, 0.3) is 0 Å². The minimum absolute atomic E-state index is 0.0226. The van der Waals surface area contributed by atoms with E-state index in [0.29, 0.717) is 11.1 Å². The SMILES string of the molecule is Cc1cc(C)c(S(=O)(=O)NCC#CCOc2ccccc2F)c(C)c1. The molecule has 2 aromatic carbocycles. The fourth-order valence-electron chi connectivity index (χ4n) is 2.58. The third-order valence-electron chi connectivity index (χ3n) is 3.49. The summed E-state index contributed by atoms with van der Waals surface area (Å²) in [4.78, 5) is 0.280. The third kappa shape index (κ3) is 5.05. The highest BCUT2D eigenvalue weighted by Gasteiger charge is 2.18. The summed E-state index contributed by atoms with van der Waals surface area (Å²) >= 11 is 0. The Hall–Kier alpha value is -2.36. The van der Waals surface area contributed by atoms with Gasteiger partial charge in [0, 0.05) is 0 Å². The highest BCUT2D eigenvalue weighted by molar-refractivity contribution is 7.89. The molecule has 2 aromatic rings. The highest BCUT2D eigenvalue weighted by atomic mass is 32.2. The zero-order valence-corrected chi connectivity index (χ0v) is 15.2. The van der Waals surface area contributed by atoms with Gasteiger partial charge in [-0.05, 0) is 44.0 Å². The van der Waals surface area contributed by atoms with Crippen LogP contribution in [0.1, 0.15) is 16.7 Å². The summed E-state index contributed by atoms with van der Waals surface area (Å²) in [6, 6.07) is 9.68. The molecule has 0 radical (unpaired) electrons. The predicted octanol–water partition coefficient (Wildman–Crippen LogP) is 3.11. The number of para-hydroxylation sites is 1. The number of hydrogen-bond acceptors (Lipinski definition) is 3. The van der Waals surface area contributed by atoms with Crippen molar-refractivity contribution in [3.05, 3.63) is 58.9 Å². The second-order valence-electron chi connectivity index (χ2n) is 5.63. The van der Waals surface area contributed by atoms with Crippen molar-refractivity contribution in [3.63, 3.8) is 0 Å². The molecule has 0 aliphatic carbocycles. The van der Waals surface area contributed by atoms with Gasteiger partial charge in [0.05, 0.1) is 11.4 Å². The number of hydrogen-bond donors (Lipinski definition) is 1. The average Bonchev–Trinajstić information content (AvgIpc) is 2.51. The van der Waals surface area contributed by atoms with E-state index in [4.69, 9.17) is 4.74 Å². The summed E-state index contributed by atoms with van der Waals surface area (Å²) in [5.74, 6) is 4.97. The molecule has 6 heteroatoms. The minimum Gasteiger partial charge on any atom is -0.478 e. The second kappa shape index (κ2) is 8.15. The van der Waals surface area contributed by atoms with Crippen molar-refractivity contribution in [2.75, 3.05) is 13.2 Å². The smallest absolute Gasteiger partial charge is 0.241 e. The van der Waals surface area contributed by atoms with Crippen LogP contribution in [-0.4, -0.2) is 21.6 Å². The molecule has 0 saturated heterocycles. The molecule has 0 heterocycles. The van der Waals surface area contributed by atoms with E-state index in [2.05, 4.69) is 16.6 Å². The molecule has 132 valence electrons. The Balaban J connectivity index is 1.95. The van der Waals surface area contributed by atoms with Crippen LogP contribution in [0.25, 0.3) is 0 Å². The first-order valence-electron chi connectivity index (χ1n) is 7.72. The molecule has 0 atom stereocenters. The van der Waals surface area contributed by atoms with Gasteiger partial charge >= 0.3 is 0 Å². The van der Waals surface area contributed by atoms with Gasteiger partial charge in [-0.15, -0.1) is 0 Å². The van der Waals surface area contributed by atoms with Gasteiger partial charge in [0.2, 0.25) is 10.0 Å². The molecule has 0 aromatic heterocycles. The Morgan fingerprint density at radius 1 is 1.08 bits per heavy atom. The number of rotatable bonds is 5. The number of ether oxygens (including phenoxy) is 1. The lowest BCUT2D eigenvalue weighted by atomic mass is 10.1. The molecule has 0 unspecified atom stereocenters. The maximum absolute atomic E-state index is 13.3. The van der Waals surface area contributed by atoms with E-state index < -0.39 is 15.8 Å². The summed E-state index contributed by atoms with van der Waals surface area (Å²) in [7, 11) is -3.64. The topological polar surface area (TPSA) is 55.4 Å². The number of aryl methyl sites for hydroxylation is 3. The van der Waals surface area contributed by atoms with Crippen molar-refractivity contribution in [1.82, 2.24) is 4.72 Å². The van der Waals surface area contributed by atoms with Crippen molar-refractivity contribution < 1.29 is 17.5 Å². The zero-order chi connectivity index (χ0) is 18.4. The Morgan fingerprint density at radius 3 is 2.36 bits per heavy atom. The molecular formula is C19H20FNO3S. The van der Waals surface area contributed by atoms with Gasteiger partial charge in [-0.1, -0.05) is 41.7 Å². The summed E-state index contributed by atoms with van der Waals surface area (Å²) in [6.45, 7) is 5.39. The lowest BCUT2D eigenvalue weighted by Crippen LogP contribution is -2.25. The summed E-state index contributed by atoms with van der Waals surface area (Å²) in [5, 5.41) is 0. The predicted molar refractivity (Wildman–Crippen MR) is 95.5 cm³/mol. The molecular weight excluding hydrogens is 341 g/mol. The Kier molecular flexibility index (Phi) is 6.18. The van der Waals surface area contributed by atoms with Gasteiger partial charge < -0.3 is 4.74 Å². The molecule has 4 nitrogen and oxygen atoms in total. The molecule has 25 heavy (non-hydrogen) atoms. The van der Waals surface area contributed by atoms with Crippen LogP contribution in [0, 0.1) is 38.4 Å². The van der Waals surface area contributed by atoms with Crippen molar-refractivity contribution in [3.8, 4) is 17.6 Å². The number of sulfonamides is 1. The monoisotopic (exact) mass is 361 g/mol. The van der Waals surface area contributed by atoms with Crippen LogP contribution in [-0.2, 0) is 10.0 Å². The molecule has 0 saturated carbocycles. The van der Waals surface area contributed by atoms with Crippen LogP contribution in [0.15, 0.2) is 41.3 Å². The van der Waals surface area contributed by atoms with Gasteiger partial charge in [0.15, 0.2) is 11.6 Å². The maximum Gasteiger partial charge on any atom is 0.241 e. The fourth-order valence-corrected chi connectivity index (χ4v) is 3.96. The van der Waals surface area contributed by atoms with Gasteiger partial charge in [0.1, 0.15) is 6.61 Å². The Morgan fingerprint density at radius 2 is 1.72 bits per heavy atom. The van der Waals surface area contributed by atoms with E-state index in [1.54, 1.807) is 26.0 Å². The van der Waals surface area contributed by atoms with E-state index in [1.807, 2.05) is 19.1 Å². The minimum atomic E-state index is -3.64. The lowest BCUT2D eigenvalue weighted by molar-refractivity contribution is 0.348. The normalized spacial score (nSPS) is 10.9. The average molecular weight is 361 g/mol. The maximum atomic E-state index is 13.3. The van der Waals surface area contributed by atoms with E-state index in [-0.39, 0.29) is 23.8 Å². The van der Waals surface area contributed by atoms with E-state index in [0.717, 1.165) is 5.56 Å². The Labute approximate surface area is 148 Å². The first-order chi connectivity index (χ1) is 11.8. The molecule has 0 aliphatic rings. The molecule has 0 aliphatic heterocycles. The summed E-state index contributed by atoms with van der Waals surface area (Å²) in [5.41, 5.74) is 2.40. The first-order valence-corrected chi connectivity index (χ1v) is 9.20. The van der Waals surface area contributed by atoms with Crippen molar-refractivity contribution in [2.45, 2.75) is 25.7 Å². The van der Waals surface area contributed by atoms with Crippen molar-refractivity contribution in [2.24, 2.45) is 0 Å². The number of halogens is 1. The first kappa shape index (κ1) is 19.0. The zero-order valence-electron chi connectivity index (χ0n) is 14.4. The van der Waals surface area contributed by atoms with Crippen LogP contribution < -0.4 is 9.46 Å². The molecule has 1 N–H and O–H groups in total. The van der Waals surface area contributed by atoms with Crippen LogP contribution in [0.5, 0.6) is 5.75 Å². The number of benzene rings is 2. The van der Waals surface area contributed by atoms with Gasteiger partial charge in [-0.25, -0.2) is 12.8 Å². The lowest BCUT2D eigenvalue weighted by Gasteiger charge is -2.11. The molecule has 0 fully saturated rings. The quantitative estimate of drug-likeness (QED) is 0.833. The number of nitrogens with one attached hydrogen (secondary N) is 1. The molecule has 0 bridgehead atoms. The van der Waals surface area contributed by atoms with Crippen LogP contribution in [0.2, 0.25) is 0 Å². The summed E-state index contributed by atoms with van der Waals surface area (Å²) in [6.07, 6.45) is 0. The summed E-state index contributed by atoms with van der Waals surface area (Å²) < 4.78 is 45.8. The van der Waals surface area contributed by atoms with E-state index >= 15 is 0 Å². The highest BCUT2D eigenvalue weighted by Crippen LogP contribution is 2.21. The molecule has 0 amide bonds. The van der Waals surface area contributed by atoms with Gasteiger partial charge in [-0.2, -0.15) is 4.72 Å². The van der Waals surface area contributed by atoms with Crippen LogP contribution in [0.4, 0.5) is 4.39 Å². The van der Waals surface area contributed by atoms with E-state index in [1.165, 1.54) is 12.1 Å². The third-order valence-corrected chi connectivity index (χ3v) is 5.19. The van der Waals surface area contributed by atoms with Gasteiger partial charge in [-0.3, -0.25) is 0 Å². The standard InChI is InChI=1S/C19H20FNO3S/c1-14-12-15(2)19(16(3)13-14)25(22,23)21-10-6-7-11-24-18-9-5-4-8-17(18)20/h4-5,8-9,12-13,21H,10-11H2,1-3H3. The van der Waals surface area contributed by atoms with Crippen LogP contribution >= 0.6 is 0 Å². The largest absolute Gasteiger partial charge is 0.478 e.